The Hall–Kier alpha value is -2.84. The van der Waals surface area contributed by atoms with E-state index in [0.717, 1.165) is 28.5 Å². The van der Waals surface area contributed by atoms with E-state index in [2.05, 4.69) is 4.74 Å². The molecule has 2 atom stereocenters. The topological polar surface area (TPSA) is 109 Å². The molecule has 0 N–H and O–H groups in total. The van der Waals surface area contributed by atoms with E-state index in [9.17, 15) is 27.2 Å². The van der Waals surface area contributed by atoms with Crippen LogP contribution in [0.4, 0.5) is 8.78 Å². The zero-order chi connectivity index (χ0) is 29.0. The van der Waals surface area contributed by atoms with E-state index in [4.69, 9.17) is 32.7 Å². The van der Waals surface area contributed by atoms with Gasteiger partial charge < -0.3 is 19.4 Å². The minimum Gasteiger partial charge on any atom is -0.619 e. The maximum absolute atomic E-state index is 13.5. The summed E-state index contributed by atoms with van der Waals surface area (Å²) >= 11 is 13.6. The molecule has 1 aromatic heterocycles. The first-order valence-corrected chi connectivity index (χ1v) is 14.8. The monoisotopic (exact) mass is 634 g/mol. The van der Waals surface area contributed by atoms with Gasteiger partial charge in [0.1, 0.15) is 16.1 Å². The Kier molecular flexibility index (Phi) is 9.62. The molecular weight excluding hydrogens is 613 g/mol. The van der Waals surface area contributed by atoms with Crippen molar-refractivity contribution in [2.45, 2.75) is 29.4 Å². The number of esters is 1. The number of sulfonamides is 1. The first-order chi connectivity index (χ1) is 19.0. The van der Waals surface area contributed by atoms with Crippen LogP contribution in [0.3, 0.4) is 0 Å². The third-order valence-corrected chi connectivity index (χ3v) is 9.73. The Morgan fingerprint density at radius 2 is 1.82 bits per heavy atom. The van der Waals surface area contributed by atoms with Crippen molar-refractivity contribution in [2.24, 2.45) is 0 Å². The lowest BCUT2D eigenvalue weighted by Gasteiger charge is -2.26. The van der Waals surface area contributed by atoms with Crippen molar-refractivity contribution in [1.82, 2.24) is 4.31 Å². The van der Waals surface area contributed by atoms with Gasteiger partial charge >= 0.3 is 12.6 Å². The second kappa shape index (κ2) is 12.8. The number of rotatable bonds is 10. The van der Waals surface area contributed by atoms with Gasteiger partial charge in [-0.3, -0.25) is 0 Å². The molecule has 1 fully saturated rings. The standard InChI is InChI=1S/C25H22Cl2F2N2O7S2/c1-36-22-11-15(7-8-20(22)38-25(28)29)21(12-17-18(26)13-30(33)14-19(17)27)37-24(32)23-31(9-10-39-23)40(34,35)16-5-3-2-4-6-16/h2-8,11,13-14,21,23,25H,9-10,12H2,1H3. The SMILES string of the molecule is COc1cc(C(Cc2c(Cl)c[n+]([O-])cc2Cl)OC(=O)C2SCCN2S(=O)(=O)c2ccccc2)ccc1OC(F)F. The van der Waals surface area contributed by atoms with Crippen LogP contribution in [0.25, 0.3) is 0 Å². The van der Waals surface area contributed by atoms with Gasteiger partial charge in [-0.1, -0.05) is 47.5 Å². The molecule has 40 heavy (non-hydrogen) atoms. The molecule has 0 radical (unpaired) electrons. The van der Waals surface area contributed by atoms with E-state index in [0.29, 0.717) is 16.0 Å². The molecular formula is C25H22Cl2F2N2O7S2. The van der Waals surface area contributed by atoms with Crippen LogP contribution in [0.1, 0.15) is 17.2 Å². The number of ether oxygens (including phenoxy) is 3. The molecule has 3 aromatic rings. The van der Waals surface area contributed by atoms with Crippen LogP contribution in [0.5, 0.6) is 11.5 Å². The van der Waals surface area contributed by atoms with Crippen molar-refractivity contribution < 1.29 is 40.9 Å². The highest BCUT2D eigenvalue weighted by atomic mass is 35.5. The maximum atomic E-state index is 13.5. The molecule has 1 saturated heterocycles. The number of hydrogen-bond donors (Lipinski definition) is 0. The van der Waals surface area contributed by atoms with Gasteiger partial charge in [-0.2, -0.15) is 17.8 Å². The number of alkyl halides is 2. The zero-order valence-corrected chi connectivity index (χ0v) is 23.9. The number of hydrogen-bond acceptors (Lipinski definition) is 8. The molecule has 214 valence electrons. The summed E-state index contributed by atoms with van der Waals surface area (Å²) in [6.45, 7) is -3.02. The minimum absolute atomic E-state index is 0.00306. The molecule has 2 unspecified atom stereocenters. The van der Waals surface area contributed by atoms with E-state index in [1.807, 2.05) is 0 Å². The number of carbonyl (C=O) groups is 1. The molecule has 1 aliphatic heterocycles. The van der Waals surface area contributed by atoms with Gasteiger partial charge in [-0.25, -0.2) is 13.2 Å². The first-order valence-electron chi connectivity index (χ1n) is 11.6. The molecule has 4 rings (SSSR count). The molecule has 0 bridgehead atoms. The minimum atomic E-state index is -4.01. The van der Waals surface area contributed by atoms with Crippen LogP contribution < -0.4 is 14.2 Å². The van der Waals surface area contributed by atoms with Gasteiger partial charge in [-0.15, -0.1) is 11.8 Å². The average molecular weight is 635 g/mol. The number of halogens is 4. The lowest BCUT2D eigenvalue weighted by molar-refractivity contribution is -0.605. The summed E-state index contributed by atoms with van der Waals surface area (Å²) < 4.78 is 69.2. The number of carbonyl (C=O) groups excluding carboxylic acids is 1. The highest BCUT2D eigenvalue weighted by Gasteiger charge is 2.42. The number of benzene rings is 2. The Balaban J connectivity index is 1.68. The summed E-state index contributed by atoms with van der Waals surface area (Å²) in [5.41, 5.74) is 0.561. The summed E-state index contributed by atoms with van der Waals surface area (Å²) in [6.07, 6.45) is 0.874. The Bertz CT molecular complexity index is 1460. The molecule has 0 amide bonds. The Morgan fingerprint density at radius 3 is 2.45 bits per heavy atom. The zero-order valence-electron chi connectivity index (χ0n) is 20.7. The molecule has 15 heteroatoms. The van der Waals surface area contributed by atoms with E-state index in [-0.39, 0.29) is 45.0 Å². The summed E-state index contributed by atoms with van der Waals surface area (Å²) in [7, 11) is -2.77. The fourth-order valence-corrected chi connectivity index (χ4v) is 7.70. The molecule has 0 spiro atoms. The number of aromatic nitrogens is 1. The molecule has 0 aliphatic carbocycles. The third kappa shape index (κ3) is 6.72. The van der Waals surface area contributed by atoms with Crippen LogP contribution >= 0.6 is 35.0 Å². The number of nitrogens with zero attached hydrogens (tertiary/aromatic N) is 2. The smallest absolute Gasteiger partial charge is 0.387 e. The van der Waals surface area contributed by atoms with Crippen LogP contribution in [0.15, 0.2) is 65.8 Å². The molecule has 9 nitrogen and oxygen atoms in total. The molecule has 2 heterocycles. The molecule has 0 saturated carbocycles. The van der Waals surface area contributed by atoms with Gasteiger partial charge in [0.15, 0.2) is 29.3 Å². The maximum Gasteiger partial charge on any atom is 0.387 e. The van der Waals surface area contributed by atoms with Crippen molar-refractivity contribution in [3.63, 3.8) is 0 Å². The number of pyridine rings is 1. The quantitative estimate of drug-likeness (QED) is 0.177. The highest BCUT2D eigenvalue weighted by Crippen LogP contribution is 2.38. The highest BCUT2D eigenvalue weighted by molar-refractivity contribution is 8.02. The third-order valence-electron chi connectivity index (χ3n) is 5.88. The van der Waals surface area contributed by atoms with Crippen LogP contribution in [-0.4, -0.2) is 50.1 Å². The van der Waals surface area contributed by atoms with Gasteiger partial charge in [0.2, 0.25) is 10.0 Å². The van der Waals surface area contributed by atoms with Gasteiger partial charge in [0.25, 0.3) is 0 Å². The van der Waals surface area contributed by atoms with E-state index in [1.54, 1.807) is 18.2 Å². The normalized spacial score (nSPS) is 16.6. The van der Waals surface area contributed by atoms with Crippen molar-refractivity contribution in [3.05, 3.63) is 87.3 Å². The molecule has 1 aliphatic rings. The Morgan fingerprint density at radius 1 is 1.15 bits per heavy atom. The fraction of sp³-hybridized carbons (Fsp3) is 0.280. The fourth-order valence-electron chi connectivity index (χ4n) is 4.03. The second-order valence-corrected chi connectivity index (χ2v) is 12.3. The average Bonchev–Trinajstić information content (AvgIpc) is 3.42. The van der Waals surface area contributed by atoms with Crippen molar-refractivity contribution in [1.29, 1.82) is 0 Å². The van der Waals surface area contributed by atoms with Crippen LogP contribution in [-0.2, 0) is 26.0 Å². The van der Waals surface area contributed by atoms with Gasteiger partial charge in [-0.05, 0) is 29.8 Å². The summed E-state index contributed by atoms with van der Waals surface area (Å²) in [4.78, 5) is 13.5. The van der Waals surface area contributed by atoms with Crippen LogP contribution in [0.2, 0.25) is 10.0 Å². The largest absolute Gasteiger partial charge is 0.619 e. The van der Waals surface area contributed by atoms with Gasteiger partial charge in [0, 0.05) is 24.3 Å². The second-order valence-electron chi connectivity index (χ2n) is 8.36. The number of methoxy groups -OCH3 is 1. The predicted molar refractivity (Wildman–Crippen MR) is 144 cm³/mol. The lowest BCUT2D eigenvalue weighted by atomic mass is 10.0. The summed E-state index contributed by atoms with van der Waals surface area (Å²) in [5.74, 6) is -0.823. The summed E-state index contributed by atoms with van der Waals surface area (Å²) in [5, 5.41) is 10.5. The van der Waals surface area contributed by atoms with Crippen molar-refractivity contribution >= 4 is 51.0 Å². The van der Waals surface area contributed by atoms with Crippen LogP contribution in [0, 0.1) is 5.21 Å². The van der Waals surface area contributed by atoms with E-state index >= 15 is 0 Å². The molecule has 2 aromatic carbocycles. The van der Waals surface area contributed by atoms with Crippen molar-refractivity contribution in [2.75, 3.05) is 19.4 Å². The van der Waals surface area contributed by atoms with E-state index in [1.165, 1.54) is 37.4 Å². The van der Waals surface area contributed by atoms with E-state index < -0.39 is 34.1 Å². The Labute approximate surface area is 243 Å². The summed E-state index contributed by atoms with van der Waals surface area (Å²) in [6, 6.07) is 11.6. The predicted octanol–water partition coefficient (Wildman–Crippen LogP) is 4.83. The number of thioether (sulfide) groups is 1. The first kappa shape index (κ1) is 30.1. The lowest BCUT2D eigenvalue weighted by Crippen LogP contribution is -2.40. The van der Waals surface area contributed by atoms with Crippen molar-refractivity contribution in [3.8, 4) is 11.5 Å². The van der Waals surface area contributed by atoms with Gasteiger partial charge in [0.05, 0.1) is 12.0 Å².